The normalized spacial score (nSPS) is 10.3. The Bertz CT molecular complexity index is 610. The zero-order valence-corrected chi connectivity index (χ0v) is 12.1. The van der Waals surface area contributed by atoms with Crippen molar-refractivity contribution in [1.82, 2.24) is 9.78 Å². The third-order valence-electron chi connectivity index (χ3n) is 2.48. The van der Waals surface area contributed by atoms with E-state index in [0.717, 1.165) is 5.69 Å². The minimum atomic E-state index is -0.373. The van der Waals surface area contributed by atoms with Crippen LogP contribution in [0.5, 0.6) is 11.6 Å². The number of esters is 1. The molecule has 20 heavy (non-hydrogen) atoms. The number of halogens is 1. The van der Waals surface area contributed by atoms with Gasteiger partial charge in [0.1, 0.15) is 12.4 Å². The fraction of sp³-hybridized carbons (Fsp3) is 0.286. The number of aromatic nitrogens is 2. The predicted molar refractivity (Wildman–Crippen MR) is 75.2 cm³/mol. The van der Waals surface area contributed by atoms with Crippen molar-refractivity contribution in [2.45, 2.75) is 20.4 Å². The van der Waals surface area contributed by atoms with Crippen LogP contribution in [0.1, 0.15) is 12.6 Å². The lowest BCUT2D eigenvalue weighted by atomic mass is 10.3. The number of rotatable bonds is 5. The first-order valence-electron chi connectivity index (χ1n) is 6.16. The van der Waals surface area contributed by atoms with Crippen LogP contribution in [0.4, 0.5) is 0 Å². The van der Waals surface area contributed by atoms with E-state index in [-0.39, 0.29) is 5.97 Å². The van der Waals surface area contributed by atoms with Crippen molar-refractivity contribution < 1.29 is 14.3 Å². The zero-order chi connectivity index (χ0) is 14.5. The van der Waals surface area contributed by atoms with Crippen molar-refractivity contribution in [2.24, 2.45) is 0 Å². The number of carbonyl (C=O) groups excluding carboxylic acids is 1. The van der Waals surface area contributed by atoms with Crippen LogP contribution in [0.2, 0.25) is 5.02 Å². The molecule has 1 aromatic heterocycles. The molecule has 5 nitrogen and oxygen atoms in total. The van der Waals surface area contributed by atoms with Gasteiger partial charge in [0.2, 0.25) is 5.88 Å². The number of aryl methyl sites for hydroxylation is 1. The van der Waals surface area contributed by atoms with E-state index in [4.69, 9.17) is 21.1 Å². The second-order valence-corrected chi connectivity index (χ2v) is 4.68. The third kappa shape index (κ3) is 3.99. The lowest BCUT2D eigenvalue weighted by molar-refractivity contribution is -0.132. The summed E-state index contributed by atoms with van der Waals surface area (Å²) in [4.78, 5) is 11.0. The quantitative estimate of drug-likeness (QED) is 0.796. The second kappa shape index (κ2) is 6.43. The van der Waals surface area contributed by atoms with Crippen LogP contribution < -0.4 is 9.47 Å². The van der Waals surface area contributed by atoms with Gasteiger partial charge in [0, 0.05) is 18.0 Å². The Labute approximate surface area is 122 Å². The summed E-state index contributed by atoms with van der Waals surface area (Å²) in [6.07, 6.45) is 0. The molecule has 0 saturated heterocycles. The monoisotopic (exact) mass is 294 g/mol. The molecule has 0 bridgehead atoms. The molecule has 0 radical (unpaired) electrons. The summed E-state index contributed by atoms with van der Waals surface area (Å²) >= 11 is 5.87. The van der Waals surface area contributed by atoms with Gasteiger partial charge in [-0.2, -0.15) is 5.10 Å². The number of ether oxygens (including phenoxy) is 2. The van der Waals surface area contributed by atoms with E-state index in [1.54, 1.807) is 22.9 Å². The fourth-order valence-corrected chi connectivity index (χ4v) is 1.90. The molecule has 2 aromatic rings. The van der Waals surface area contributed by atoms with Gasteiger partial charge in [-0.3, -0.25) is 4.79 Å². The molecule has 1 aromatic carbocycles. The van der Waals surface area contributed by atoms with Gasteiger partial charge in [0.05, 0.1) is 12.2 Å². The van der Waals surface area contributed by atoms with E-state index < -0.39 is 0 Å². The molecule has 0 atom stereocenters. The summed E-state index contributed by atoms with van der Waals surface area (Å²) in [7, 11) is 0. The van der Waals surface area contributed by atoms with Crippen LogP contribution in [0.15, 0.2) is 30.3 Å². The van der Waals surface area contributed by atoms with E-state index in [2.05, 4.69) is 5.10 Å². The highest BCUT2D eigenvalue weighted by molar-refractivity contribution is 6.30. The van der Waals surface area contributed by atoms with Crippen LogP contribution in [-0.4, -0.2) is 22.4 Å². The molecule has 0 saturated carbocycles. The molecule has 0 fully saturated rings. The van der Waals surface area contributed by atoms with Gasteiger partial charge in [0.15, 0.2) is 0 Å². The first-order valence-corrected chi connectivity index (χ1v) is 6.53. The van der Waals surface area contributed by atoms with Crippen molar-refractivity contribution in [3.8, 4) is 11.6 Å². The first-order chi connectivity index (χ1) is 9.54. The highest BCUT2D eigenvalue weighted by atomic mass is 35.5. The standard InChI is InChI=1S/C14H15ClN2O3/c1-10-8-14(20-11(2)18)17(16-10)6-7-19-13-5-3-4-12(15)9-13/h3-5,8-9H,6-7H2,1-2H3. The van der Waals surface area contributed by atoms with Crippen molar-refractivity contribution in [1.29, 1.82) is 0 Å². The van der Waals surface area contributed by atoms with Crippen molar-refractivity contribution in [2.75, 3.05) is 6.61 Å². The van der Waals surface area contributed by atoms with Crippen molar-refractivity contribution in [3.05, 3.63) is 41.0 Å². The number of nitrogens with zero attached hydrogens (tertiary/aromatic N) is 2. The van der Waals surface area contributed by atoms with Gasteiger partial charge >= 0.3 is 5.97 Å². The van der Waals surface area contributed by atoms with E-state index in [0.29, 0.717) is 29.8 Å². The summed E-state index contributed by atoms with van der Waals surface area (Å²) in [6.45, 7) is 4.06. The van der Waals surface area contributed by atoms with Gasteiger partial charge in [-0.1, -0.05) is 17.7 Å². The smallest absolute Gasteiger partial charge is 0.309 e. The van der Waals surface area contributed by atoms with E-state index in [9.17, 15) is 4.79 Å². The topological polar surface area (TPSA) is 53.3 Å². The number of hydrogen-bond donors (Lipinski definition) is 0. The molecule has 1 heterocycles. The summed E-state index contributed by atoms with van der Waals surface area (Å²) in [5.41, 5.74) is 0.781. The molecule has 0 aliphatic heterocycles. The largest absolute Gasteiger partial charge is 0.492 e. The highest BCUT2D eigenvalue weighted by Crippen LogP contribution is 2.18. The van der Waals surface area contributed by atoms with Crippen LogP contribution in [0.25, 0.3) is 0 Å². The minimum Gasteiger partial charge on any atom is -0.492 e. The Balaban J connectivity index is 1.95. The average Bonchev–Trinajstić information content (AvgIpc) is 2.69. The van der Waals surface area contributed by atoms with Crippen LogP contribution in [0.3, 0.4) is 0 Å². The lowest BCUT2D eigenvalue weighted by Crippen LogP contribution is -2.13. The molecular formula is C14H15ClN2O3. The molecule has 0 unspecified atom stereocenters. The van der Waals surface area contributed by atoms with Crippen LogP contribution >= 0.6 is 11.6 Å². The Morgan fingerprint density at radius 2 is 2.20 bits per heavy atom. The summed E-state index contributed by atoms with van der Waals surface area (Å²) in [6, 6.07) is 8.88. The Kier molecular flexibility index (Phi) is 4.63. The lowest BCUT2D eigenvalue weighted by Gasteiger charge is -2.08. The third-order valence-corrected chi connectivity index (χ3v) is 2.72. The molecular weight excluding hydrogens is 280 g/mol. The maximum atomic E-state index is 11.0. The molecule has 2 rings (SSSR count). The van der Waals surface area contributed by atoms with E-state index in [1.807, 2.05) is 19.1 Å². The number of carbonyl (C=O) groups is 1. The zero-order valence-electron chi connectivity index (χ0n) is 11.3. The van der Waals surface area contributed by atoms with Crippen LogP contribution in [0, 0.1) is 6.92 Å². The highest BCUT2D eigenvalue weighted by Gasteiger charge is 2.08. The van der Waals surface area contributed by atoms with E-state index >= 15 is 0 Å². The average molecular weight is 295 g/mol. The SMILES string of the molecule is CC(=O)Oc1cc(C)nn1CCOc1cccc(Cl)c1. The molecule has 0 amide bonds. The molecule has 0 spiro atoms. The number of hydrogen-bond acceptors (Lipinski definition) is 4. The summed E-state index contributed by atoms with van der Waals surface area (Å²) < 4.78 is 12.2. The van der Waals surface area contributed by atoms with Crippen molar-refractivity contribution >= 4 is 17.6 Å². The molecule has 0 aliphatic rings. The molecule has 0 N–H and O–H groups in total. The van der Waals surface area contributed by atoms with Crippen LogP contribution in [-0.2, 0) is 11.3 Å². The predicted octanol–water partition coefficient (Wildman–Crippen LogP) is 2.85. The maximum absolute atomic E-state index is 11.0. The summed E-state index contributed by atoms with van der Waals surface area (Å²) in [5.74, 6) is 0.738. The second-order valence-electron chi connectivity index (χ2n) is 4.25. The summed E-state index contributed by atoms with van der Waals surface area (Å²) in [5, 5.41) is 4.87. The Morgan fingerprint density at radius 1 is 1.40 bits per heavy atom. The van der Waals surface area contributed by atoms with Gasteiger partial charge in [0.25, 0.3) is 0 Å². The van der Waals surface area contributed by atoms with Gasteiger partial charge < -0.3 is 9.47 Å². The first kappa shape index (κ1) is 14.4. The Hall–Kier alpha value is -2.01. The molecule has 106 valence electrons. The molecule has 6 heteroatoms. The minimum absolute atomic E-state index is 0.373. The van der Waals surface area contributed by atoms with Gasteiger partial charge in [-0.15, -0.1) is 0 Å². The Morgan fingerprint density at radius 3 is 2.90 bits per heavy atom. The van der Waals surface area contributed by atoms with Crippen molar-refractivity contribution in [3.63, 3.8) is 0 Å². The fourth-order valence-electron chi connectivity index (χ4n) is 1.72. The van der Waals surface area contributed by atoms with E-state index in [1.165, 1.54) is 6.92 Å². The maximum Gasteiger partial charge on any atom is 0.309 e. The molecule has 0 aliphatic carbocycles. The van der Waals surface area contributed by atoms with Gasteiger partial charge in [-0.05, 0) is 25.1 Å². The van der Waals surface area contributed by atoms with Gasteiger partial charge in [-0.25, -0.2) is 4.68 Å². The number of benzene rings is 1.